The number of nitrogens with zero attached hydrogens (tertiary/aromatic N) is 2. The summed E-state index contributed by atoms with van der Waals surface area (Å²) in [6.45, 7) is -0.143. The average Bonchev–Trinajstić information content (AvgIpc) is 3.06. The molecule has 6 nitrogen and oxygen atoms in total. The Kier molecular flexibility index (Phi) is 4.95. The molecule has 0 spiro atoms. The third kappa shape index (κ3) is 3.42. The molecule has 156 valence electrons. The standard InChI is InChI=1S/C25H16N2O4S/c28-24-23(32-25(29)26(24)15-18-9-3-6-12-22(18)27(30)31)14-21-19-10-4-1-7-16(19)13-17-8-2-5-11-20(17)21/h1-14H,15H2/b23-14+. The van der Waals surface area contributed by atoms with Crippen molar-refractivity contribution < 1.29 is 14.5 Å². The molecule has 0 aliphatic carbocycles. The summed E-state index contributed by atoms with van der Waals surface area (Å²) in [6, 6.07) is 24.0. The smallest absolute Gasteiger partial charge is 0.268 e. The number of nitro benzene ring substituents is 1. The van der Waals surface area contributed by atoms with Crippen LogP contribution in [-0.4, -0.2) is 21.0 Å². The number of carbonyl (C=O) groups excluding carboxylic acids is 2. The molecule has 1 aliphatic rings. The molecule has 1 heterocycles. The third-order valence-corrected chi connectivity index (χ3v) is 6.39. The first kappa shape index (κ1) is 20.0. The molecule has 2 amide bonds. The van der Waals surface area contributed by atoms with Crippen LogP contribution in [0.5, 0.6) is 0 Å². The topological polar surface area (TPSA) is 80.5 Å². The molecule has 4 aromatic carbocycles. The minimum absolute atomic E-state index is 0.115. The van der Waals surface area contributed by atoms with E-state index in [-0.39, 0.29) is 12.2 Å². The fraction of sp³-hybridized carbons (Fsp3) is 0.0400. The van der Waals surface area contributed by atoms with E-state index in [1.54, 1.807) is 24.3 Å². The number of imide groups is 1. The van der Waals surface area contributed by atoms with Gasteiger partial charge in [-0.3, -0.25) is 24.6 Å². The molecular weight excluding hydrogens is 424 g/mol. The van der Waals surface area contributed by atoms with Crippen molar-refractivity contribution in [2.75, 3.05) is 0 Å². The Bertz CT molecular complexity index is 1410. The van der Waals surface area contributed by atoms with Crippen LogP contribution < -0.4 is 0 Å². The zero-order valence-electron chi connectivity index (χ0n) is 16.7. The van der Waals surface area contributed by atoms with E-state index in [1.807, 2.05) is 48.5 Å². The van der Waals surface area contributed by atoms with Crippen molar-refractivity contribution in [1.82, 2.24) is 4.90 Å². The van der Waals surface area contributed by atoms with Crippen LogP contribution in [-0.2, 0) is 11.3 Å². The molecule has 0 unspecified atom stereocenters. The first-order valence-corrected chi connectivity index (χ1v) is 10.7. The largest absolute Gasteiger partial charge is 0.293 e. The predicted octanol–water partition coefficient (Wildman–Crippen LogP) is 6.14. The maximum atomic E-state index is 13.1. The zero-order valence-corrected chi connectivity index (χ0v) is 17.5. The summed E-state index contributed by atoms with van der Waals surface area (Å²) in [4.78, 5) is 37.9. The maximum Gasteiger partial charge on any atom is 0.293 e. The highest BCUT2D eigenvalue weighted by atomic mass is 32.2. The highest BCUT2D eigenvalue weighted by molar-refractivity contribution is 8.18. The average molecular weight is 440 g/mol. The van der Waals surface area contributed by atoms with E-state index in [0.717, 1.165) is 43.8 Å². The summed E-state index contributed by atoms with van der Waals surface area (Å²) >= 11 is 0.856. The Morgan fingerprint density at radius 2 is 1.47 bits per heavy atom. The van der Waals surface area contributed by atoms with Gasteiger partial charge in [0.15, 0.2) is 0 Å². The lowest BCUT2D eigenvalue weighted by Gasteiger charge is -2.12. The Hall–Kier alpha value is -3.97. The van der Waals surface area contributed by atoms with Crippen molar-refractivity contribution in [3.8, 4) is 0 Å². The second-order valence-electron chi connectivity index (χ2n) is 7.39. The lowest BCUT2D eigenvalue weighted by atomic mass is 9.96. The Balaban J connectivity index is 1.58. The number of fused-ring (bicyclic) bond motifs is 2. The van der Waals surface area contributed by atoms with Gasteiger partial charge in [-0.2, -0.15) is 0 Å². The van der Waals surface area contributed by atoms with Gasteiger partial charge in [0.05, 0.1) is 16.4 Å². The van der Waals surface area contributed by atoms with E-state index < -0.39 is 16.1 Å². The van der Waals surface area contributed by atoms with Gasteiger partial charge in [-0.25, -0.2) is 0 Å². The van der Waals surface area contributed by atoms with E-state index in [1.165, 1.54) is 6.07 Å². The summed E-state index contributed by atoms with van der Waals surface area (Å²) in [6.07, 6.45) is 1.76. The van der Waals surface area contributed by atoms with Gasteiger partial charge in [-0.1, -0.05) is 66.7 Å². The minimum atomic E-state index is -0.507. The van der Waals surface area contributed by atoms with E-state index in [0.29, 0.717) is 10.5 Å². The van der Waals surface area contributed by atoms with Gasteiger partial charge >= 0.3 is 0 Å². The Labute approximate surface area is 187 Å². The Morgan fingerprint density at radius 1 is 0.875 bits per heavy atom. The summed E-state index contributed by atoms with van der Waals surface area (Å²) in [5.41, 5.74) is 1.07. The van der Waals surface area contributed by atoms with Gasteiger partial charge in [0.2, 0.25) is 0 Å². The Morgan fingerprint density at radius 3 is 2.12 bits per heavy atom. The van der Waals surface area contributed by atoms with Crippen molar-refractivity contribution in [2.45, 2.75) is 6.54 Å². The summed E-state index contributed by atoms with van der Waals surface area (Å²) in [5.74, 6) is -0.449. The number of rotatable bonds is 4. The van der Waals surface area contributed by atoms with Crippen molar-refractivity contribution >= 4 is 56.2 Å². The quantitative estimate of drug-likeness (QED) is 0.165. The van der Waals surface area contributed by atoms with E-state index in [2.05, 4.69) is 6.07 Å². The second kappa shape index (κ2) is 7.94. The van der Waals surface area contributed by atoms with Crippen molar-refractivity contribution in [3.05, 3.63) is 105 Å². The molecule has 0 N–H and O–H groups in total. The summed E-state index contributed by atoms with van der Waals surface area (Å²) in [5, 5.41) is 14.9. The van der Waals surface area contributed by atoms with Crippen LogP contribution in [0.2, 0.25) is 0 Å². The predicted molar refractivity (Wildman–Crippen MR) is 126 cm³/mol. The number of benzene rings is 4. The third-order valence-electron chi connectivity index (χ3n) is 5.48. The van der Waals surface area contributed by atoms with Gasteiger partial charge in [0.1, 0.15) is 0 Å². The van der Waals surface area contributed by atoms with E-state index in [4.69, 9.17) is 0 Å². The van der Waals surface area contributed by atoms with E-state index in [9.17, 15) is 19.7 Å². The monoisotopic (exact) mass is 440 g/mol. The molecule has 5 rings (SSSR count). The highest BCUT2D eigenvalue weighted by Gasteiger charge is 2.36. The molecule has 7 heteroatoms. The van der Waals surface area contributed by atoms with Crippen LogP contribution in [0.1, 0.15) is 11.1 Å². The van der Waals surface area contributed by atoms with Gasteiger partial charge in [-0.15, -0.1) is 0 Å². The van der Waals surface area contributed by atoms with Gasteiger partial charge in [0, 0.05) is 11.6 Å². The first-order chi connectivity index (χ1) is 15.5. The van der Waals surface area contributed by atoms with Crippen molar-refractivity contribution in [1.29, 1.82) is 0 Å². The molecule has 1 fully saturated rings. The highest BCUT2D eigenvalue weighted by Crippen LogP contribution is 2.37. The molecular formula is C25H16N2O4S. The summed E-state index contributed by atoms with van der Waals surface area (Å²) in [7, 11) is 0. The van der Waals surface area contributed by atoms with Crippen LogP contribution in [0.15, 0.2) is 83.8 Å². The lowest BCUT2D eigenvalue weighted by molar-refractivity contribution is -0.385. The molecule has 4 aromatic rings. The number of nitro groups is 1. The van der Waals surface area contributed by atoms with Crippen LogP contribution >= 0.6 is 11.8 Å². The molecule has 0 atom stereocenters. The fourth-order valence-electron chi connectivity index (χ4n) is 3.96. The number of hydrogen-bond acceptors (Lipinski definition) is 5. The van der Waals surface area contributed by atoms with Crippen molar-refractivity contribution in [3.63, 3.8) is 0 Å². The van der Waals surface area contributed by atoms with Crippen LogP contribution in [0.4, 0.5) is 10.5 Å². The SMILES string of the molecule is O=C1S/C(=C/c2c3ccccc3cc3ccccc23)C(=O)N1Cc1ccccc1[N+](=O)[O-]. The molecule has 1 saturated heterocycles. The van der Waals surface area contributed by atoms with Crippen LogP contribution in [0, 0.1) is 10.1 Å². The second-order valence-corrected chi connectivity index (χ2v) is 8.38. The normalized spacial score (nSPS) is 15.2. The van der Waals surface area contributed by atoms with Gasteiger partial charge < -0.3 is 0 Å². The molecule has 0 bridgehead atoms. The number of thioether (sulfide) groups is 1. The van der Waals surface area contributed by atoms with Gasteiger partial charge in [0.25, 0.3) is 16.8 Å². The number of para-hydroxylation sites is 1. The fourth-order valence-corrected chi connectivity index (χ4v) is 4.78. The maximum absolute atomic E-state index is 13.1. The van der Waals surface area contributed by atoms with Crippen LogP contribution in [0.3, 0.4) is 0 Å². The van der Waals surface area contributed by atoms with Gasteiger partial charge in [-0.05, 0) is 51.0 Å². The van der Waals surface area contributed by atoms with Crippen LogP contribution in [0.25, 0.3) is 27.6 Å². The minimum Gasteiger partial charge on any atom is -0.268 e. The number of hydrogen-bond donors (Lipinski definition) is 0. The number of carbonyl (C=O) groups is 2. The van der Waals surface area contributed by atoms with E-state index >= 15 is 0 Å². The number of amides is 2. The molecule has 32 heavy (non-hydrogen) atoms. The molecule has 0 radical (unpaired) electrons. The van der Waals surface area contributed by atoms with Crippen molar-refractivity contribution in [2.24, 2.45) is 0 Å². The molecule has 0 saturated carbocycles. The zero-order chi connectivity index (χ0) is 22.2. The molecule has 1 aliphatic heterocycles. The first-order valence-electron chi connectivity index (χ1n) is 9.91. The summed E-state index contributed by atoms with van der Waals surface area (Å²) < 4.78 is 0. The lowest BCUT2D eigenvalue weighted by Crippen LogP contribution is -2.27. The molecule has 0 aromatic heterocycles.